The first-order chi connectivity index (χ1) is 18.9. The number of imidazole rings is 1. The van der Waals surface area contributed by atoms with Crippen molar-refractivity contribution in [3.8, 4) is 17.9 Å². The van der Waals surface area contributed by atoms with E-state index in [1.54, 1.807) is 57.5 Å². The van der Waals surface area contributed by atoms with E-state index in [9.17, 15) is 19.6 Å². The van der Waals surface area contributed by atoms with E-state index in [1.165, 1.54) is 4.57 Å². The van der Waals surface area contributed by atoms with Gasteiger partial charge in [-0.2, -0.15) is 10.2 Å². The number of nitriles is 1. The van der Waals surface area contributed by atoms with Gasteiger partial charge in [-0.05, 0) is 52.2 Å². The second kappa shape index (κ2) is 11.5. The van der Waals surface area contributed by atoms with Gasteiger partial charge in [0.15, 0.2) is 11.2 Å². The van der Waals surface area contributed by atoms with Gasteiger partial charge in [-0.3, -0.25) is 18.5 Å². The smallest absolute Gasteiger partial charge is 0.407 e. The zero-order valence-electron chi connectivity index (χ0n) is 23.2. The number of alkyl carbamates (subject to hydrolysis) is 1. The highest BCUT2D eigenvalue weighted by molar-refractivity contribution is 6.31. The molecule has 12 heteroatoms. The summed E-state index contributed by atoms with van der Waals surface area (Å²) in [5, 5.41) is 12.8. The Labute approximate surface area is 236 Å². The number of nitrogens with one attached hydrogen (secondary N) is 1. The van der Waals surface area contributed by atoms with Crippen molar-refractivity contribution in [2.75, 3.05) is 18.0 Å². The minimum Gasteiger partial charge on any atom is -0.444 e. The summed E-state index contributed by atoms with van der Waals surface area (Å²) in [7, 11) is 1.56. The fourth-order valence-electron chi connectivity index (χ4n) is 4.80. The third-order valence-corrected chi connectivity index (χ3v) is 6.91. The van der Waals surface area contributed by atoms with Crippen LogP contribution in [0.5, 0.6) is 0 Å². The summed E-state index contributed by atoms with van der Waals surface area (Å²) in [4.78, 5) is 46.3. The molecule has 40 heavy (non-hydrogen) atoms. The highest BCUT2D eigenvalue weighted by Gasteiger charge is 2.29. The Kier molecular flexibility index (Phi) is 8.26. The SMILES string of the molecule is CC#CCn1c(N2CCC[C@@H](NC(=O)OC(C)(C)C)C2)nc2c1c(=O)n(Cc1cccc(Cl)c1C#N)c(=O)n2C. The highest BCUT2D eigenvalue weighted by atomic mass is 35.5. The Balaban J connectivity index is 1.79. The molecule has 3 aromatic rings. The van der Waals surface area contributed by atoms with Gasteiger partial charge in [-0.25, -0.2) is 9.59 Å². The molecule has 210 valence electrons. The molecule has 4 rings (SSSR count). The molecule has 1 aromatic carbocycles. The number of fused-ring (bicyclic) bond motifs is 1. The molecule has 0 unspecified atom stereocenters. The molecular weight excluding hydrogens is 534 g/mol. The maximum Gasteiger partial charge on any atom is 0.407 e. The molecule has 0 bridgehead atoms. The lowest BCUT2D eigenvalue weighted by Crippen LogP contribution is -2.49. The van der Waals surface area contributed by atoms with E-state index in [0.717, 1.165) is 17.4 Å². The molecule has 1 fully saturated rings. The van der Waals surface area contributed by atoms with E-state index in [0.29, 0.717) is 24.6 Å². The monoisotopic (exact) mass is 565 g/mol. The number of anilines is 1. The molecule has 1 atom stereocenters. The largest absolute Gasteiger partial charge is 0.444 e. The van der Waals surface area contributed by atoms with Crippen LogP contribution in [-0.2, 0) is 24.9 Å². The van der Waals surface area contributed by atoms with Crippen molar-refractivity contribution in [3.05, 3.63) is 55.2 Å². The van der Waals surface area contributed by atoms with E-state index >= 15 is 0 Å². The average molecular weight is 566 g/mol. The van der Waals surface area contributed by atoms with Crippen molar-refractivity contribution in [2.24, 2.45) is 7.05 Å². The van der Waals surface area contributed by atoms with Gasteiger partial charge in [0.1, 0.15) is 11.7 Å². The topological polar surface area (TPSA) is 127 Å². The number of halogens is 1. The Bertz CT molecular complexity index is 1680. The number of amides is 1. The van der Waals surface area contributed by atoms with Crippen molar-refractivity contribution in [1.29, 1.82) is 5.26 Å². The van der Waals surface area contributed by atoms with Crippen molar-refractivity contribution in [1.82, 2.24) is 24.0 Å². The van der Waals surface area contributed by atoms with Crippen LogP contribution >= 0.6 is 11.6 Å². The molecule has 2 aromatic heterocycles. The molecule has 0 spiro atoms. The summed E-state index contributed by atoms with van der Waals surface area (Å²) in [6.45, 7) is 8.26. The summed E-state index contributed by atoms with van der Waals surface area (Å²) in [6.07, 6.45) is 1.04. The molecule has 1 amide bonds. The number of aromatic nitrogens is 4. The zero-order valence-corrected chi connectivity index (χ0v) is 24.0. The van der Waals surface area contributed by atoms with Gasteiger partial charge in [0.2, 0.25) is 5.95 Å². The molecule has 1 aliphatic rings. The Morgan fingerprint density at radius 3 is 2.70 bits per heavy atom. The van der Waals surface area contributed by atoms with Crippen LogP contribution < -0.4 is 21.5 Å². The number of hydrogen-bond donors (Lipinski definition) is 1. The second-order valence-corrected chi connectivity index (χ2v) is 11.1. The molecule has 0 aliphatic carbocycles. The summed E-state index contributed by atoms with van der Waals surface area (Å²) in [5.74, 6) is 6.35. The van der Waals surface area contributed by atoms with Crippen LogP contribution in [0.2, 0.25) is 5.02 Å². The van der Waals surface area contributed by atoms with Gasteiger partial charge in [0.05, 0.1) is 23.7 Å². The van der Waals surface area contributed by atoms with Crippen LogP contribution in [0, 0.1) is 23.2 Å². The third-order valence-electron chi connectivity index (χ3n) is 6.59. The number of ether oxygens (including phenoxy) is 1. The third kappa shape index (κ3) is 5.85. The normalized spacial score (nSPS) is 15.3. The number of benzene rings is 1. The molecule has 0 radical (unpaired) electrons. The van der Waals surface area contributed by atoms with Gasteiger partial charge >= 0.3 is 11.8 Å². The average Bonchev–Trinajstić information content (AvgIpc) is 3.27. The van der Waals surface area contributed by atoms with Gasteiger partial charge in [-0.15, -0.1) is 5.92 Å². The first-order valence-corrected chi connectivity index (χ1v) is 13.3. The lowest BCUT2D eigenvalue weighted by Gasteiger charge is -2.34. The van der Waals surface area contributed by atoms with Crippen LogP contribution in [0.15, 0.2) is 27.8 Å². The van der Waals surface area contributed by atoms with E-state index < -0.39 is 22.9 Å². The number of carbonyl (C=O) groups is 1. The van der Waals surface area contributed by atoms with Crippen LogP contribution in [0.4, 0.5) is 10.7 Å². The van der Waals surface area contributed by atoms with Crippen molar-refractivity contribution >= 4 is 34.8 Å². The first-order valence-electron chi connectivity index (χ1n) is 13.0. The zero-order chi connectivity index (χ0) is 29.2. The number of hydrogen-bond acceptors (Lipinski definition) is 7. The summed E-state index contributed by atoms with van der Waals surface area (Å²) in [5.41, 5.74) is -0.604. The predicted octanol–water partition coefficient (Wildman–Crippen LogP) is 2.99. The highest BCUT2D eigenvalue weighted by Crippen LogP contribution is 2.24. The maximum absolute atomic E-state index is 13.8. The number of carbonyl (C=O) groups excluding carboxylic acids is 1. The predicted molar refractivity (Wildman–Crippen MR) is 153 cm³/mol. The quantitative estimate of drug-likeness (QED) is 0.471. The van der Waals surface area contributed by atoms with E-state index in [1.807, 2.05) is 4.90 Å². The summed E-state index contributed by atoms with van der Waals surface area (Å²) < 4.78 is 9.54. The molecular formula is C28H32ClN7O4. The fourth-order valence-corrected chi connectivity index (χ4v) is 5.03. The minimum absolute atomic E-state index is 0.129. The van der Waals surface area contributed by atoms with Gasteiger partial charge in [-0.1, -0.05) is 29.7 Å². The Morgan fingerprint density at radius 2 is 2.02 bits per heavy atom. The van der Waals surface area contributed by atoms with Crippen LogP contribution in [0.1, 0.15) is 51.7 Å². The van der Waals surface area contributed by atoms with E-state index in [4.69, 9.17) is 21.3 Å². The van der Waals surface area contributed by atoms with E-state index in [2.05, 4.69) is 23.2 Å². The van der Waals surface area contributed by atoms with Crippen molar-refractivity contribution in [3.63, 3.8) is 0 Å². The van der Waals surface area contributed by atoms with Crippen LogP contribution in [0.3, 0.4) is 0 Å². The number of rotatable bonds is 5. The van der Waals surface area contributed by atoms with Crippen LogP contribution in [-0.4, -0.2) is 49.5 Å². The molecule has 1 N–H and O–H groups in total. The second-order valence-electron chi connectivity index (χ2n) is 10.6. The van der Waals surface area contributed by atoms with Crippen molar-refractivity contribution in [2.45, 2.75) is 65.3 Å². The maximum atomic E-state index is 13.8. The number of nitrogens with zero attached hydrogens (tertiary/aromatic N) is 6. The Morgan fingerprint density at radius 1 is 1.27 bits per heavy atom. The molecule has 1 saturated heterocycles. The standard InChI is InChI=1S/C28H32ClN7O4/c1-6-7-14-35-22-23(32-25(35)34-13-9-11-19(17-34)31-26(38)40-28(2,3)4)33(5)27(39)36(24(22)37)16-18-10-8-12-21(29)20(18)15-30/h8,10,12,19H,9,11,13-14,16-17H2,1-5H3,(H,31,38)/t19-/m1/s1. The van der Waals surface area contributed by atoms with Gasteiger partial charge < -0.3 is 15.0 Å². The minimum atomic E-state index is -0.616. The fraction of sp³-hybridized carbons (Fsp3) is 0.464. The summed E-state index contributed by atoms with van der Waals surface area (Å²) in [6, 6.07) is 6.78. The molecule has 0 saturated carbocycles. The van der Waals surface area contributed by atoms with Crippen molar-refractivity contribution < 1.29 is 9.53 Å². The Hall–Kier alpha value is -4.22. The molecule has 3 heterocycles. The van der Waals surface area contributed by atoms with Gasteiger partial charge in [0, 0.05) is 26.2 Å². The first kappa shape index (κ1) is 28.8. The van der Waals surface area contributed by atoms with E-state index in [-0.39, 0.29) is 40.9 Å². The molecule has 11 nitrogen and oxygen atoms in total. The number of piperidine rings is 1. The number of aryl methyl sites for hydroxylation is 1. The van der Waals surface area contributed by atoms with Crippen LogP contribution in [0.25, 0.3) is 11.2 Å². The lowest BCUT2D eigenvalue weighted by atomic mass is 10.1. The van der Waals surface area contributed by atoms with Gasteiger partial charge in [0.25, 0.3) is 5.56 Å². The lowest BCUT2D eigenvalue weighted by molar-refractivity contribution is 0.0499. The summed E-state index contributed by atoms with van der Waals surface area (Å²) >= 11 is 6.19. The molecule has 1 aliphatic heterocycles.